The van der Waals surface area contributed by atoms with Crippen LogP contribution in [0.1, 0.15) is 6.92 Å². The molecule has 0 aliphatic carbocycles. The zero-order chi connectivity index (χ0) is 11.7. The predicted octanol–water partition coefficient (Wildman–Crippen LogP) is 0.0336. The van der Waals surface area contributed by atoms with Crippen molar-refractivity contribution in [3.05, 3.63) is 18.7 Å². The highest BCUT2D eigenvalue weighted by molar-refractivity contribution is 5.79. The van der Waals surface area contributed by atoms with Crippen LogP contribution >= 0.6 is 0 Å². The van der Waals surface area contributed by atoms with Gasteiger partial charge in [-0.05, 0) is 6.92 Å². The quantitative estimate of drug-likeness (QED) is 0.787. The second-order valence-electron chi connectivity index (χ2n) is 3.44. The van der Waals surface area contributed by atoms with Crippen molar-refractivity contribution < 1.29 is 9.90 Å². The van der Waals surface area contributed by atoms with Crippen molar-refractivity contribution >= 4 is 17.4 Å². The second kappa shape index (κ2) is 3.76. The van der Waals surface area contributed by atoms with E-state index in [0.29, 0.717) is 11.5 Å². The normalized spacial score (nSPS) is 12.6. The maximum atomic E-state index is 10.9. The molecule has 0 aliphatic rings. The van der Waals surface area contributed by atoms with Crippen molar-refractivity contribution in [2.45, 2.75) is 13.0 Å². The highest BCUT2D eigenvalue weighted by atomic mass is 16.4. The summed E-state index contributed by atoms with van der Waals surface area (Å²) in [5, 5.41) is 16.6. The Morgan fingerprint density at radius 2 is 2.38 bits per heavy atom. The Morgan fingerprint density at radius 3 is 3.06 bits per heavy atom. The lowest BCUT2D eigenvalue weighted by molar-refractivity contribution is -0.138. The summed E-state index contributed by atoms with van der Waals surface area (Å²) in [6, 6.07) is -0.671. The van der Waals surface area contributed by atoms with Gasteiger partial charge in [-0.25, -0.2) is 9.78 Å². The number of hydrogen-bond donors (Lipinski definition) is 1. The van der Waals surface area contributed by atoms with E-state index in [9.17, 15) is 4.79 Å². The Bertz CT molecular complexity index is 523. The summed E-state index contributed by atoms with van der Waals surface area (Å²) in [5.41, 5.74) is 0.540. The first kappa shape index (κ1) is 10.3. The number of rotatable bonds is 3. The van der Waals surface area contributed by atoms with E-state index in [-0.39, 0.29) is 0 Å². The maximum absolute atomic E-state index is 10.9. The lowest BCUT2D eigenvalue weighted by Crippen LogP contribution is -2.36. The number of carboxylic acid groups (broad SMARTS) is 1. The van der Waals surface area contributed by atoms with Gasteiger partial charge in [0.05, 0.1) is 0 Å². The molecular formula is C9H11N5O2. The molecule has 0 saturated carbocycles. The third kappa shape index (κ3) is 1.56. The number of aliphatic carboxylic acids is 1. The largest absolute Gasteiger partial charge is 0.480 e. The van der Waals surface area contributed by atoms with Crippen LogP contribution in [0.25, 0.3) is 5.65 Å². The van der Waals surface area contributed by atoms with Crippen LogP contribution in [0.3, 0.4) is 0 Å². The van der Waals surface area contributed by atoms with Gasteiger partial charge >= 0.3 is 5.97 Å². The fourth-order valence-corrected chi connectivity index (χ4v) is 1.34. The molecule has 2 heterocycles. The van der Waals surface area contributed by atoms with Crippen LogP contribution in [0.2, 0.25) is 0 Å². The van der Waals surface area contributed by atoms with Crippen molar-refractivity contribution in [1.82, 2.24) is 19.6 Å². The van der Waals surface area contributed by atoms with Gasteiger partial charge in [0.2, 0.25) is 5.65 Å². The van der Waals surface area contributed by atoms with Gasteiger partial charge in [0.25, 0.3) is 0 Å². The van der Waals surface area contributed by atoms with Crippen molar-refractivity contribution in [3.8, 4) is 0 Å². The van der Waals surface area contributed by atoms with Crippen molar-refractivity contribution in [2.24, 2.45) is 0 Å². The van der Waals surface area contributed by atoms with Gasteiger partial charge in [0, 0.05) is 19.4 Å². The number of carbonyl (C=O) groups is 1. The molecular weight excluding hydrogens is 210 g/mol. The molecule has 0 spiro atoms. The standard InChI is InChI=1S/C9H11N5O2/c1-6(9(15)16)13(2)7-8-12-11-5-14(8)4-3-10-7/h3-6H,1-2H3,(H,15,16). The lowest BCUT2D eigenvalue weighted by Gasteiger charge is -2.22. The summed E-state index contributed by atoms with van der Waals surface area (Å²) in [4.78, 5) is 16.5. The van der Waals surface area contributed by atoms with E-state index in [0.717, 1.165) is 0 Å². The molecule has 7 nitrogen and oxygen atoms in total. The molecule has 0 aliphatic heterocycles. The molecule has 7 heteroatoms. The number of aromatic nitrogens is 4. The first-order valence-corrected chi connectivity index (χ1v) is 4.71. The van der Waals surface area contributed by atoms with Crippen LogP contribution in [0.15, 0.2) is 18.7 Å². The summed E-state index contributed by atoms with van der Waals surface area (Å²) < 4.78 is 1.69. The number of anilines is 1. The van der Waals surface area contributed by atoms with E-state index in [1.807, 2.05) is 0 Å². The van der Waals surface area contributed by atoms with Crippen LogP contribution in [-0.4, -0.2) is 43.7 Å². The molecule has 0 bridgehead atoms. The first-order chi connectivity index (χ1) is 7.61. The predicted molar refractivity (Wildman–Crippen MR) is 56.3 cm³/mol. The number of likely N-dealkylation sites (N-methyl/N-ethyl adjacent to an activating group) is 1. The Kier molecular flexibility index (Phi) is 2.43. The molecule has 0 radical (unpaired) electrons. The molecule has 0 saturated heterocycles. The van der Waals surface area contributed by atoms with Gasteiger partial charge in [-0.1, -0.05) is 0 Å². The van der Waals surface area contributed by atoms with E-state index >= 15 is 0 Å². The van der Waals surface area contributed by atoms with E-state index in [1.54, 1.807) is 42.0 Å². The van der Waals surface area contributed by atoms with E-state index in [2.05, 4.69) is 15.2 Å². The summed E-state index contributed by atoms with van der Waals surface area (Å²) >= 11 is 0. The average molecular weight is 221 g/mol. The van der Waals surface area contributed by atoms with Crippen molar-refractivity contribution in [2.75, 3.05) is 11.9 Å². The molecule has 2 aromatic heterocycles. The Balaban J connectivity index is 2.46. The van der Waals surface area contributed by atoms with Crippen molar-refractivity contribution in [1.29, 1.82) is 0 Å². The maximum Gasteiger partial charge on any atom is 0.326 e. The van der Waals surface area contributed by atoms with Crippen molar-refractivity contribution in [3.63, 3.8) is 0 Å². The Morgan fingerprint density at radius 1 is 1.62 bits per heavy atom. The number of carboxylic acids is 1. The summed E-state index contributed by atoms with van der Waals surface area (Å²) in [6.07, 6.45) is 4.83. The number of nitrogens with zero attached hydrogens (tertiary/aromatic N) is 5. The minimum atomic E-state index is -0.911. The SMILES string of the molecule is CC(C(=O)O)N(C)c1nccn2cnnc12. The highest BCUT2D eigenvalue weighted by Gasteiger charge is 2.20. The Labute approximate surface area is 91.4 Å². The Hall–Kier alpha value is -2.18. The minimum absolute atomic E-state index is 0.495. The monoisotopic (exact) mass is 221 g/mol. The molecule has 0 fully saturated rings. The third-order valence-corrected chi connectivity index (χ3v) is 2.47. The van der Waals surface area contributed by atoms with Gasteiger partial charge in [0.1, 0.15) is 12.4 Å². The molecule has 1 N–H and O–H groups in total. The molecule has 0 amide bonds. The lowest BCUT2D eigenvalue weighted by atomic mass is 10.3. The highest BCUT2D eigenvalue weighted by Crippen LogP contribution is 2.16. The second-order valence-corrected chi connectivity index (χ2v) is 3.44. The van der Waals surface area contributed by atoms with Gasteiger partial charge in [0.15, 0.2) is 5.82 Å². The molecule has 2 rings (SSSR count). The zero-order valence-corrected chi connectivity index (χ0v) is 8.90. The fraction of sp³-hybridized carbons (Fsp3) is 0.333. The van der Waals surface area contributed by atoms with Gasteiger partial charge < -0.3 is 10.0 Å². The average Bonchev–Trinajstić information content (AvgIpc) is 2.74. The molecule has 0 aromatic carbocycles. The van der Waals surface area contributed by atoms with E-state index in [4.69, 9.17) is 5.11 Å². The van der Waals surface area contributed by atoms with Crippen LogP contribution in [0.5, 0.6) is 0 Å². The molecule has 84 valence electrons. The summed E-state index contributed by atoms with van der Waals surface area (Å²) in [6.45, 7) is 1.59. The minimum Gasteiger partial charge on any atom is -0.480 e. The van der Waals surface area contributed by atoms with Crippen LogP contribution in [-0.2, 0) is 4.79 Å². The molecule has 1 atom stereocenters. The number of fused-ring (bicyclic) bond motifs is 1. The summed E-state index contributed by atoms with van der Waals surface area (Å²) in [7, 11) is 1.66. The van der Waals surface area contributed by atoms with E-state index in [1.165, 1.54) is 0 Å². The van der Waals surface area contributed by atoms with Crippen LogP contribution in [0, 0.1) is 0 Å². The van der Waals surface area contributed by atoms with Gasteiger partial charge in [-0.3, -0.25) is 4.40 Å². The molecule has 2 aromatic rings. The molecule has 16 heavy (non-hydrogen) atoms. The number of hydrogen-bond acceptors (Lipinski definition) is 5. The summed E-state index contributed by atoms with van der Waals surface area (Å²) in [5.74, 6) is -0.416. The van der Waals surface area contributed by atoms with Gasteiger partial charge in [-0.2, -0.15) is 0 Å². The first-order valence-electron chi connectivity index (χ1n) is 4.71. The third-order valence-electron chi connectivity index (χ3n) is 2.47. The van der Waals surface area contributed by atoms with Crippen LogP contribution < -0.4 is 4.90 Å². The fourth-order valence-electron chi connectivity index (χ4n) is 1.34. The van der Waals surface area contributed by atoms with Crippen LogP contribution in [0.4, 0.5) is 5.82 Å². The van der Waals surface area contributed by atoms with E-state index < -0.39 is 12.0 Å². The topological polar surface area (TPSA) is 83.6 Å². The van der Waals surface area contributed by atoms with Gasteiger partial charge in [-0.15, -0.1) is 10.2 Å². The molecule has 1 unspecified atom stereocenters. The smallest absolute Gasteiger partial charge is 0.326 e. The zero-order valence-electron chi connectivity index (χ0n) is 8.90.